The third-order valence-electron chi connectivity index (χ3n) is 4.33. The zero-order valence-corrected chi connectivity index (χ0v) is 11.3. The maximum Gasteiger partial charge on any atom is 0.101 e. The van der Waals surface area contributed by atoms with Gasteiger partial charge < -0.3 is 9.84 Å². The van der Waals surface area contributed by atoms with E-state index in [1.54, 1.807) is 0 Å². The number of fused-ring (bicyclic) bond motifs is 1. The molecular formula is C17H20O2. The summed E-state index contributed by atoms with van der Waals surface area (Å²) >= 11 is 0. The summed E-state index contributed by atoms with van der Waals surface area (Å²) in [6.07, 6.45) is 3.29. The lowest BCUT2D eigenvalue weighted by atomic mass is 9.76. The molecule has 19 heavy (non-hydrogen) atoms. The van der Waals surface area contributed by atoms with Crippen molar-refractivity contribution >= 4 is 0 Å². The van der Waals surface area contributed by atoms with E-state index in [-0.39, 0.29) is 18.1 Å². The standard InChI is InChI=1S/C17H20O2/c1-11-8-9-14-12(2)10-15(19-17(14)16(11)18)13-6-4-3-5-7-13/h3-8,14-18H,2,9-10H2,1H3. The Bertz CT molecular complexity index is 503. The minimum Gasteiger partial charge on any atom is -0.386 e. The number of hydrogen-bond donors (Lipinski definition) is 1. The molecule has 0 spiro atoms. The highest BCUT2D eigenvalue weighted by molar-refractivity contribution is 5.26. The van der Waals surface area contributed by atoms with E-state index in [0.717, 1.165) is 18.4 Å². The number of rotatable bonds is 1. The molecule has 0 saturated carbocycles. The highest BCUT2D eigenvalue weighted by atomic mass is 16.5. The average Bonchev–Trinajstić information content (AvgIpc) is 2.44. The van der Waals surface area contributed by atoms with E-state index < -0.39 is 6.10 Å². The summed E-state index contributed by atoms with van der Waals surface area (Å²) in [4.78, 5) is 0. The molecule has 2 nitrogen and oxygen atoms in total. The molecule has 0 radical (unpaired) electrons. The van der Waals surface area contributed by atoms with Gasteiger partial charge >= 0.3 is 0 Å². The lowest BCUT2D eigenvalue weighted by Crippen LogP contribution is -2.44. The maximum absolute atomic E-state index is 10.3. The summed E-state index contributed by atoms with van der Waals surface area (Å²) < 4.78 is 6.18. The SMILES string of the molecule is C=C1CC(c2ccccc2)OC2C(O)C(C)=CCC12. The van der Waals surface area contributed by atoms with Gasteiger partial charge in [0.2, 0.25) is 0 Å². The largest absolute Gasteiger partial charge is 0.386 e. The molecule has 4 unspecified atom stereocenters. The van der Waals surface area contributed by atoms with E-state index in [4.69, 9.17) is 4.74 Å². The van der Waals surface area contributed by atoms with Gasteiger partial charge in [0.15, 0.2) is 0 Å². The Hall–Kier alpha value is -1.38. The Kier molecular flexibility index (Phi) is 3.29. The Morgan fingerprint density at radius 1 is 1.26 bits per heavy atom. The van der Waals surface area contributed by atoms with E-state index in [9.17, 15) is 5.11 Å². The number of ether oxygens (including phenoxy) is 1. The van der Waals surface area contributed by atoms with Crippen molar-refractivity contribution in [3.05, 3.63) is 59.7 Å². The number of allylic oxidation sites excluding steroid dienone is 1. The molecule has 4 atom stereocenters. The van der Waals surface area contributed by atoms with Gasteiger partial charge in [-0.15, -0.1) is 0 Å². The van der Waals surface area contributed by atoms with Gasteiger partial charge in [-0.05, 0) is 30.9 Å². The van der Waals surface area contributed by atoms with Gasteiger partial charge in [-0.1, -0.05) is 48.6 Å². The molecule has 0 amide bonds. The monoisotopic (exact) mass is 256 g/mol. The maximum atomic E-state index is 10.3. The second kappa shape index (κ2) is 4.95. The Balaban J connectivity index is 1.86. The van der Waals surface area contributed by atoms with Crippen molar-refractivity contribution < 1.29 is 9.84 Å². The minimum atomic E-state index is -0.498. The molecule has 100 valence electrons. The van der Waals surface area contributed by atoms with Crippen LogP contribution in [0.4, 0.5) is 0 Å². The van der Waals surface area contributed by atoms with Crippen molar-refractivity contribution in [3.8, 4) is 0 Å². The van der Waals surface area contributed by atoms with E-state index in [0.29, 0.717) is 0 Å². The molecule has 1 aliphatic heterocycles. The van der Waals surface area contributed by atoms with Crippen LogP contribution in [0.25, 0.3) is 0 Å². The van der Waals surface area contributed by atoms with Crippen LogP contribution >= 0.6 is 0 Å². The number of aliphatic hydroxyl groups excluding tert-OH is 1. The van der Waals surface area contributed by atoms with Crippen LogP contribution in [0.15, 0.2) is 54.1 Å². The van der Waals surface area contributed by atoms with Crippen LogP contribution in [0.5, 0.6) is 0 Å². The van der Waals surface area contributed by atoms with Crippen molar-refractivity contribution in [3.63, 3.8) is 0 Å². The Labute approximate surface area is 114 Å². The Morgan fingerprint density at radius 3 is 2.74 bits per heavy atom. The predicted molar refractivity (Wildman–Crippen MR) is 75.7 cm³/mol. The van der Waals surface area contributed by atoms with Gasteiger partial charge in [0.25, 0.3) is 0 Å². The molecule has 1 N–H and O–H groups in total. The number of hydrogen-bond acceptors (Lipinski definition) is 2. The molecule has 0 bridgehead atoms. The first kappa shape index (κ1) is 12.6. The van der Waals surface area contributed by atoms with Gasteiger partial charge in [-0.25, -0.2) is 0 Å². The molecule has 1 heterocycles. The molecule has 1 saturated heterocycles. The lowest BCUT2D eigenvalue weighted by molar-refractivity contribution is -0.111. The molecule has 1 aliphatic carbocycles. The van der Waals surface area contributed by atoms with Crippen molar-refractivity contribution in [2.24, 2.45) is 5.92 Å². The lowest BCUT2D eigenvalue weighted by Gasteiger charge is -2.43. The quantitative estimate of drug-likeness (QED) is 0.780. The van der Waals surface area contributed by atoms with Gasteiger partial charge in [0.1, 0.15) is 6.10 Å². The third-order valence-corrected chi connectivity index (χ3v) is 4.33. The van der Waals surface area contributed by atoms with E-state index >= 15 is 0 Å². The highest BCUT2D eigenvalue weighted by Crippen LogP contribution is 2.43. The fraction of sp³-hybridized carbons (Fsp3) is 0.412. The van der Waals surface area contributed by atoms with Crippen molar-refractivity contribution in [2.75, 3.05) is 0 Å². The predicted octanol–water partition coefficient (Wildman–Crippen LogP) is 3.40. The summed E-state index contributed by atoms with van der Waals surface area (Å²) in [5, 5.41) is 10.3. The van der Waals surface area contributed by atoms with Crippen LogP contribution < -0.4 is 0 Å². The van der Waals surface area contributed by atoms with Crippen LogP contribution in [0.3, 0.4) is 0 Å². The van der Waals surface area contributed by atoms with Crippen molar-refractivity contribution in [2.45, 2.75) is 38.1 Å². The van der Waals surface area contributed by atoms with Gasteiger partial charge in [0.05, 0.1) is 12.2 Å². The van der Waals surface area contributed by atoms with E-state index in [1.807, 2.05) is 25.1 Å². The van der Waals surface area contributed by atoms with Crippen molar-refractivity contribution in [1.82, 2.24) is 0 Å². The topological polar surface area (TPSA) is 29.5 Å². The average molecular weight is 256 g/mol. The number of benzene rings is 1. The number of aliphatic hydroxyl groups is 1. The Morgan fingerprint density at radius 2 is 2.00 bits per heavy atom. The molecule has 1 fully saturated rings. The first-order valence-corrected chi connectivity index (χ1v) is 6.89. The van der Waals surface area contributed by atoms with Gasteiger partial charge in [-0.3, -0.25) is 0 Å². The first-order valence-electron chi connectivity index (χ1n) is 6.89. The molecule has 3 rings (SSSR count). The minimum absolute atomic E-state index is 0.0236. The summed E-state index contributed by atoms with van der Waals surface area (Å²) in [6, 6.07) is 10.2. The van der Waals surface area contributed by atoms with Crippen LogP contribution in [-0.4, -0.2) is 17.3 Å². The first-order chi connectivity index (χ1) is 9.16. The van der Waals surface area contributed by atoms with Crippen LogP contribution in [-0.2, 0) is 4.74 Å². The van der Waals surface area contributed by atoms with Crippen LogP contribution in [0.1, 0.15) is 31.4 Å². The normalized spacial score (nSPS) is 34.6. The summed E-state index contributed by atoms with van der Waals surface area (Å²) in [6.45, 7) is 6.18. The van der Waals surface area contributed by atoms with Gasteiger partial charge in [0, 0.05) is 5.92 Å². The fourth-order valence-corrected chi connectivity index (χ4v) is 3.11. The smallest absolute Gasteiger partial charge is 0.101 e. The molecule has 2 heteroatoms. The summed E-state index contributed by atoms with van der Waals surface area (Å²) in [5.41, 5.74) is 3.39. The summed E-state index contributed by atoms with van der Waals surface area (Å²) in [5.74, 6) is 0.263. The summed E-state index contributed by atoms with van der Waals surface area (Å²) in [7, 11) is 0. The second-order valence-electron chi connectivity index (χ2n) is 5.60. The zero-order chi connectivity index (χ0) is 13.4. The molecular weight excluding hydrogens is 236 g/mol. The molecule has 1 aromatic carbocycles. The molecule has 0 aromatic heterocycles. The van der Waals surface area contributed by atoms with Crippen LogP contribution in [0.2, 0.25) is 0 Å². The third kappa shape index (κ3) is 2.26. The fourth-order valence-electron chi connectivity index (χ4n) is 3.11. The van der Waals surface area contributed by atoms with Gasteiger partial charge in [-0.2, -0.15) is 0 Å². The molecule has 2 aliphatic rings. The van der Waals surface area contributed by atoms with E-state index in [1.165, 1.54) is 11.1 Å². The van der Waals surface area contributed by atoms with Crippen LogP contribution in [0, 0.1) is 5.92 Å². The van der Waals surface area contributed by atoms with Crippen molar-refractivity contribution in [1.29, 1.82) is 0 Å². The van der Waals surface area contributed by atoms with E-state index in [2.05, 4.69) is 24.8 Å². The zero-order valence-electron chi connectivity index (χ0n) is 11.3. The second-order valence-corrected chi connectivity index (χ2v) is 5.60. The highest BCUT2D eigenvalue weighted by Gasteiger charge is 2.40. The molecule has 1 aromatic rings.